The fourth-order valence-electron chi connectivity index (χ4n) is 4.28. The lowest BCUT2D eigenvalue weighted by Crippen LogP contribution is -2.48. The Kier molecular flexibility index (Phi) is 3.82. The van der Waals surface area contributed by atoms with Crippen LogP contribution < -0.4 is 16.4 Å². The van der Waals surface area contributed by atoms with E-state index in [4.69, 9.17) is 4.42 Å². The zero-order valence-corrected chi connectivity index (χ0v) is 16.1. The molecule has 9 nitrogen and oxygen atoms in total. The summed E-state index contributed by atoms with van der Waals surface area (Å²) in [6.07, 6.45) is 0.812. The molecule has 0 radical (unpaired) electrons. The summed E-state index contributed by atoms with van der Waals surface area (Å²) in [5.41, 5.74) is 2.48. The van der Waals surface area contributed by atoms with Crippen molar-refractivity contribution in [2.75, 3.05) is 12.4 Å². The summed E-state index contributed by atoms with van der Waals surface area (Å²) in [5.74, 6) is -1.27. The Bertz CT molecular complexity index is 1290. The zero-order valence-electron chi connectivity index (χ0n) is 16.1. The van der Waals surface area contributed by atoms with Gasteiger partial charge in [-0.05, 0) is 35.4 Å². The molecule has 1 aromatic heterocycles. The van der Waals surface area contributed by atoms with Crippen molar-refractivity contribution in [2.45, 2.75) is 24.9 Å². The number of oxazole rings is 1. The number of aromatic nitrogens is 1. The van der Waals surface area contributed by atoms with E-state index in [0.717, 1.165) is 11.1 Å². The second-order valence-electron chi connectivity index (χ2n) is 7.66. The van der Waals surface area contributed by atoms with Gasteiger partial charge in [0.05, 0.1) is 5.52 Å². The van der Waals surface area contributed by atoms with Crippen molar-refractivity contribution in [3.05, 3.63) is 64.1 Å². The molecule has 1 aliphatic carbocycles. The van der Waals surface area contributed by atoms with Gasteiger partial charge in [-0.25, -0.2) is 9.59 Å². The van der Waals surface area contributed by atoms with Crippen LogP contribution >= 0.6 is 0 Å². The predicted molar refractivity (Wildman–Crippen MR) is 107 cm³/mol. The lowest BCUT2D eigenvalue weighted by molar-refractivity contribution is -0.125. The van der Waals surface area contributed by atoms with Gasteiger partial charge in [0.1, 0.15) is 12.1 Å². The van der Waals surface area contributed by atoms with Gasteiger partial charge >= 0.3 is 11.8 Å². The second-order valence-corrected chi connectivity index (χ2v) is 7.66. The van der Waals surface area contributed by atoms with Crippen molar-refractivity contribution in [1.29, 1.82) is 0 Å². The quantitative estimate of drug-likeness (QED) is 0.636. The van der Waals surface area contributed by atoms with Crippen LogP contribution in [0.3, 0.4) is 0 Å². The van der Waals surface area contributed by atoms with E-state index in [-0.39, 0.29) is 18.4 Å². The largest absolute Gasteiger partial charge is 0.420 e. The Labute approximate surface area is 170 Å². The molecule has 2 aliphatic rings. The van der Waals surface area contributed by atoms with Gasteiger partial charge < -0.3 is 14.6 Å². The lowest BCUT2D eigenvalue weighted by atomic mass is 9.95. The highest BCUT2D eigenvalue weighted by atomic mass is 16.4. The van der Waals surface area contributed by atoms with Crippen LogP contribution in [0.1, 0.15) is 11.1 Å². The highest BCUT2D eigenvalue weighted by molar-refractivity contribution is 6.07. The number of para-hydroxylation sites is 2. The van der Waals surface area contributed by atoms with Crippen molar-refractivity contribution in [2.24, 2.45) is 0 Å². The molecule has 1 fully saturated rings. The summed E-state index contributed by atoms with van der Waals surface area (Å²) >= 11 is 0. The van der Waals surface area contributed by atoms with Crippen molar-refractivity contribution < 1.29 is 18.8 Å². The normalized spacial score (nSPS) is 20.1. The summed E-state index contributed by atoms with van der Waals surface area (Å²) in [4.78, 5) is 50.3. The zero-order chi connectivity index (χ0) is 21.0. The van der Waals surface area contributed by atoms with Crippen LogP contribution in [0, 0.1) is 0 Å². The monoisotopic (exact) mass is 406 g/mol. The molecule has 2 heterocycles. The number of hydrogen-bond donors (Lipinski definition) is 2. The van der Waals surface area contributed by atoms with E-state index in [1.54, 1.807) is 37.4 Å². The van der Waals surface area contributed by atoms with E-state index in [1.165, 1.54) is 9.47 Å². The third-order valence-electron chi connectivity index (χ3n) is 5.92. The van der Waals surface area contributed by atoms with Gasteiger partial charge in [-0.1, -0.05) is 18.2 Å². The summed E-state index contributed by atoms with van der Waals surface area (Å²) in [5, 5.41) is 5.15. The van der Waals surface area contributed by atoms with Gasteiger partial charge in [-0.2, -0.15) is 0 Å². The minimum absolute atomic E-state index is 0.184. The fraction of sp³-hybridized carbons (Fsp3) is 0.238. The van der Waals surface area contributed by atoms with Crippen LogP contribution in [0.25, 0.3) is 11.1 Å². The Balaban J connectivity index is 1.35. The number of carbonyl (C=O) groups excluding carboxylic acids is 3. The number of rotatable bonds is 3. The number of hydrogen-bond acceptors (Lipinski definition) is 5. The molecular weight excluding hydrogens is 388 g/mol. The SMILES string of the molecule is CN1C(=O)NC(=O)[C@@]12Cc1ccc(NC(=O)Cn3c(=O)oc4ccccc43)cc1C2. The molecule has 2 aromatic carbocycles. The Morgan fingerprint density at radius 3 is 2.67 bits per heavy atom. The van der Waals surface area contributed by atoms with E-state index >= 15 is 0 Å². The molecular formula is C21H18N4O5. The third kappa shape index (κ3) is 2.62. The van der Waals surface area contributed by atoms with Gasteiger partial charge in [0.25, 0.3) is 5.91 Å². The maximum absolute atomic E-state index is 12.5. The number of nitrogens with one attached hydrogen (secondary N) is 2. The van der Waals surface area contributed by atoms with Crippen LogP contribution in [-0.4, -0.2) is 39.9 Å². The molecule has 0 saturated carbocycles. The molecule has 1 saturated heterocycles. The van der Waals surface area contributed by atoms with E-state index in [1.807, 2.05) is 12.1 Å². The van der Waals surface area contributed by atoms with Crippen LogP contribution in [-0.2, 0) is 29.0 Å². The molecule has 3 aromatic rings. The molecule has 2 N–H and O–H groups in total. The van der Waals surface area contributed by atoms with Crippen LogP contribution in [0.5, 0.6) is 0 Å². The standard InChI is InChI=1S/C21H18N4O5/c1-24-19(28)23-18(27)21(24)9-12-6-7-14(8-13(12)10-21)22-17(26)11-25-15-4-2-3-5-16(15)30-20(25)29/h2-8H,9-11H2,1H3,(H,22,26)(H,23,27,28)/t21-/m0/s1. The van der Waals surface area contributed by atoms with Gasteiger partial charge in [-0.15, -0.1) is 0 Å². The number of benzene rings is 2. The second kappa shape index (κ2) is 6.31. The molecule has 0 unspecified atom stereocenters. The first-order chi connectivity index (χ1) is 14.4. The average Bonchev–Trinajstić information content (AvgIpc) is 3.31. The number of likely N-dealkylation sites (N-methyl/N-ethyl adjacent to an activating group) is 1. The maximum atomic E-state index is 12.5. The number of carbonyl (C=O) groups is 3. The van der Waals surface area contributed by atoms with Gasteiger partial charge in [0.2, 0.25) is 5.91 Å². The maximum Gasteiger partial charge on any atom is 0.420 e. The number of amides is 4. The first-order valence-electron chi connectivity index (χ1n) is 9.47. The summed E-state index contributed by atoms with van der Waals surface area (Å²) in [6, 6.07) is 11.9. The topological polar surface area (TPSA) is 114 Å². The third-order valence-corrected chi connectivity index (χ3v) is 5.92. The van der Waals surface area contributed by atoms with Crippen LogP contribution in [0.4, 0.5) is 10.5 Å². The van der Waals surface area contributed by atoms with Gasteiger partial charge in [0, 0.05) is 25.6 Å². The average molecular weight is 406 g/mol. The van der Waals surface area contributed by atoms with Crippen LogP contribution in [0.2, 0.25) is 0 Å². The van der Waals surface area contributed by atoms with Crippen molar-refractivity contribution >= 4 is 34.6 Å². The highest BCUT2D eigenvalue weighted by Gasteiger charge is 2.54. The van der Waals surface area contributed by atoms with Crippen LogP contribution in [0.15, 0.2) is 51.7 Å². The van der Waals surface area contributed by atoms with E-state index in [0.29, 0.717) is 29.6 Å². The number of nitrogens with zero attached hydrogens (tertiary/aromatic N) is 2. The molecule has 0 bridgehead atoms. The number of imide groups is 1. The molecule has 5 rings (SSSR count). The van der Waals surface area contributed by atoms with Crippen molar-refractivity contribution in [1.82, 2.24) is 14.8 Å². The summed E-state index contributed by atoms with van der Waals surface area (Å²) in [7, 11) is 1.61. The van der Waals surface area contributed by atoms with E-state index in [9.17, 15) is 19.2 Å². The Hall–Kier alpha value is -3.88. The smallest absolute Gasteiger partial charge is 0.408 e. The molecule has 152 valence electrons. The van der Waals surface area contributed by atoms with E-state index in [2.05, 4.69) is 10.6 Å². The highest BCUT2D eigenvalue weighted by Crippen LogP contribution is 2.38. The Morgan fingerprint density at radius 2 is 1.90 bits per heavy atom. The minimum atomic E-state index is -0.912. The van der Waals surface area contributed by atoms with Gasteiger partial charge in [0.15, 0.2) is 5.58 Å². The summed E-state index contributed by atoms with van der Waals surface area (Å²) in [6.45, 7) is -0.184. The molecule has 9 heteroatoms. The minimum Gasteiger partial charge on any atom is -0.408 e. The summed E-state index contributed by atoms with van der Waals surface area (Å²) < 4.78 is 6.42. The molecule has 30 heavy (non-hydrogen) atoms. The molecule has 1 atom stereocenters. The van der Waals surface area contributed by atoms with E-state index < -0.39 is 17.3 Å². The molecule has 1 aliphatic heterocycles. The Morgan fingerprint density at radius 1 is 1.13 bits per heavy atom. The lowest BCUT2D eigenvalue weighted by Gasteiger charge is -2.27. The first-order valence-corrected chi connectivity index (χ1v) is 9.47. The molecule has 1 spiro atoms. The van der Waals surface area contributed by atoms with Crippen molar-refractivity contribution in [3.63, 3.8) is 0 Å². The number of fused-ring (bicyclic) bond motifs is 2. The molecule has 4 amide bonds. The first kappa shape index (κ1) is 18.2. The number of anilines is 1. The van der Waals surface area contributed by atoms with Gasteiger partial charge in [-0.3, -0.25) is 19.5 Å². The van der Waals surface area contributed by atoms with Crippen molar-refractivity contribution in [3.8, 4) is 0 Å². The predicted octanol–water partition coefficient (Wildman–Crippen LogP) is 1.25. The number of urea groups is 1. The fourth-order valence-corrected chi connectivity index (χ4v) is 4.28.